The molecule has 0 fully saturated rings. The monoisotopic (exact) mass is 1340 g/mol. The minimum Gasteiger partial charge on any atom is -0.462 e. The lowest BCUT2D eigenvalue weighted by Gasteiger charge is -2.21. The zero-order valence-corrected chi connectivity index (χ0v) is 61.1. The molecule has 0 aliphatic carbocycles. The van der Waals surface area contributed by atoms with Gasteiger partial charge in [0.15, 0.2) is 12.2 Å². The first-order chi connectivity index (χ1) is 43.8. The van der Waals surface area contributed by atoms with Crippen molar-refractivity contribution in [2.75, 3.05) is 39.6 Å². The van der Waals surface area contributed by atoms with Crippen LogP contribution >= 0.6 is 15.6 Å². The number of hydrogen-bond donors (Lipinski definition) is 3. The molecule has 3 N–H and O–H groups in total. The first-order valence-corrected chi connectivity index (χ1v) is 40.4. The summed E-state index contributed by atoms with van der Waals surface area (Å²) in [6, 6.07) is 0. The third-order valence-corrected chi connectivity index (χ3v) is 18.9. The van der Waals surface area contributed by atoms with Crippen molar-refractivity contribution >= 4 is 39.5 Å². The molecule has 0 radical (unpaired) electrons. The average Bonchev–Trinajstić information content (AvgIpc) is 2.09. The molecule has 0 bridgehead atoms. The number of esters is 4. The van der Waals surface area contributed by atoms with Crippen LogP contribution in [0.3, 0.4) is 0 Å². The first-order valence-electron chi connectivity index (χ1n) is 37.4. The van der Waals surface area contributed by atoms with Gasteiger partial charge in [-0.2, -0.15) is 0 Å². The van der Waals surface area contributed by atoms with E-state index in [1.54, 1.807) is 0 Å². The van der Waals surface area contributed by atoms with Crippen molar-refractivity contribution in [3.05, 3.63) is 0 Å². The number of unbranched alkanes of at least 4 members (excludes halogenated alkanes) is 37. The molecule has 0 aliphatic heterocycles. The Morgan fingerprint density at radius 3 is 0.835 bits per heavy atom. The Bertz CT molecular complexity index is 1790. The van der Waals surface area contributed by atoms with Crippen LogP contribution in [0.1, 0.15) is 363 Å². The Kier molecular flexibility index (Phi) is 61.5. The maximum atomic E-state index is 13.0. The van der Waals surface area contributed by atoms with Gasteiger partial charge in [-0.05, 0) is 43.4 Å². The van der Waals surface area contributed by atoms with Gasteiger partial charge in [0, 0.05) is 25.7 Å². The second-order valence-corrected chi connectivity index (χ2v) is 30.1. The fraction of sp³-hybridized carbons (Fsp3) is 0.944. The highest BCUT2D eigenvalue weighted by Gasteiger charge is 2.30. The van der Waals surface area contributed by atoms with Crippen LogP contribution in [0.4, 0.5) is 0 Å². The summed E-state index contributed by atoms with van der Waals surface area (Å²) in [5.74, 6) is 0.239. The number of phosphoric acid groups is 2. The van der Waals surface area contributed by atoms with Gasteiger partial charge in [-0.3, -0.25) is 37.3 Å². The molecule has 540 valence electrons. The molecule has 0 aromatic rings. The number of phosphoric ester groups is 2. The van der Waals surface area contributed by atoms with E-state index in [0.717, 1.165) is 114 Å². The largest absolute Gasteiger partial charge is 0.472 e. The van der Waals surface area contributed by atoms with Crippen molar-refractivity contribution in [2.45, 2.75) is 381 Å². The topological polar surface area (TPSA) is 237 Å². The van der Waals surface area contributed by atoms with E-state index in [9.17, 15) is 43.2 Å². The summed E-state index contributed by atoms with van der Waals surface area (Å²) in [6.07, 6.45) is 47.5. The highest BCUT2D eigenvalue weighted by Crippen LogP contribution is 2.45. The number of carbonyl (C=O) groups is 4. The molecule has 0 aromatic carbocycles. The quantitative estimate of drug-likeness (QED) is 0.0222. The summed E-state index contributed by atoms with van der Waals surface area (Å²) in [6.45, 7) is 11.8. The highest BCUT2D eigenvalue weighted by molar-refractivity contribution is 7.47. The summed E-state index contributed by atoms with van der Waals surface area (Å²) in [5.41, 5.74) is 0. The van der Waals surface area contributed by atoms with Crippen molar-refractivity contribution < 1.29 is 80.2 Å². The van der Waals surface area contributed by atoms with Crippen LogP contribution in [0.15, 0.2) is 0 Å². The van der Waals surface area contributed by atoms with Crippen LogP contribution in [-0.2, 0) is 65.4 Å². The maximum absolute atomic E-state index is 13.0. The lowest BCUT2D eigenvalue weighted by Crippen LogP contribution is -2.30. The lowest BCUT2D eigenvalue weighted by atomic mass is 9.99. The van der Waals surface area contributed by atoms with Crippen LogP contribution in [-0.4, -0.2) is 96.7 Å². The summed E-state index contributed by atoms with van der Waals surface area (Å²) in [7, 11) is -9.90. The SMILES string of the molecule is CCCCCCCC(=O)OC[C@H](COP(=O)(O)OC[C@H](O)COP(=O)(O)OC[C@@H](COC(=O)CCCCCCCCCCCCCCCC(C)C)OC(=O)CCCCCCCCCCCCCCCCC(C)CC)OC(=O)CCCCCCCCCCCC(C)C. The molecule has 17 nitrogen and oxygen atoms in total. The number of hydrogen-bond acceptors (Lipinski definition) is 15. The fourth-order valence-corrected chi connectivity index (χ4v) is 12.4. The molecule has 6 atom stereocenters. The van der Waals surface area contributed by atoms with Gasteiger partial charge in [-0.1, -0.05) is 312 Å². The molecule has 0 saturated carbocycles. The Labute approximate surface area is 556 Å². The number of aliphatic hydroxyl groups is 1. The van der Waals surface area contributed by atoms with Gasteiger partial charge in [0.2, 0.25) is 0 Å². The van der Waals surface area contributed by atoms with E-state index in [0.29, 0.717) is 25.7 Å². The number of ether oxygens (including phenoxy) is 4. The molecule has 0 amide bonds. The Hall–Kier alpha value is -1.94. The number of rotatable bonds is 70. The summed E-state index contributed by atoms with van der Waals surface area (Å²) in [4.78, 5) is 72.4. The van der Waals surface area contributed by atoms with Crippen LogP contribution in [0.25, 0.3) is 0 Å². The molecule has 0 spiro atoms. The third-order valence-electron chi connectivity index (χ3n) is 17.0. The van der Waals surface area contributed by atoms with E-state index in [1.165, 1.54) is 167 Å². The molecule has 0 rings (SSSR count). The Balaban J connectivity index is 5.16. The van der Waals surface area contributed by atoms with E-state index < -0.39 is 97.5 Å². The van der Waals surface area contributed by atoms with Gasteiger partial charge in [0.05, 0.1) is 26.4 Å². The van der Waals surface area contributed by atoms with Crippen molar-refractivity contribution in [2.24, 2.45) is 17.8 Å². The van der Waals surface area contributed by atoms with E-state index in [2.05, 4.69) is 48.5 Å². The van der Waals surface area contributed by atoms with E-state index in [4.69, 9.17) is 37.0 Å². The zero-order chi connectivity index (χ0) is 67.3. The molecule has 0 aromatic heterocycles. The van der Waals surface area contributed by atoms with Crippen LogP contribution in [0.2, 0.25) is 0 Å². The van der Waals surface area contributed by atoms with E-state index in [1.807, 2.05) is 0 Å². The summed E-state index contributed by atoms with van der Waals surface area (Å²) in [5, 5.41) is 10.6. The predicted molar refractivity (Wildman–Crippen MR) is 368 cm³/mol. The molecule has 0 aliphatic rings. The molecule has 0 heterocycles. The molecular weight excluding hydrogens is 1200 g/mol. The van der Waals surface area contributed by atoms with Crippen LogP contribution in [0, 0.1) is 17.8 Å². The van der Waals surface area contributed by atoms with Crippen molar-refractivity contribution in [3.63, 3.8) is 0 Å². The van der Waals surface area contributed by atoms with Crippen LogP contribution in [0.5, 0.6) is 0 Å². The lowest BCUT2D eigenvalue weighted by molar-refractivity contribution is -0.161. The van der Waals surface area contributed by atoms with E-state index in [-0.39, 0.29) is 25.7 Å². The maximum Gasteiger partial charge on any atom is 0.472 e. The Morgan fingerprint density at radius 2 is 0.560 bits per heavy atom. The van der Waals surface area contributed by atoms with Gasteiger partial charge >= 0.3 is 39.5 Å². The van der Waals surface area contributed by atoms with Crippen molar-refractivity contribution in [1.82, 2.24) is 0 Å². The average molecular weight is 1340 g/mol. The Morgan fingerprint density at radius 1 is 0.319 bits per heavy atom. The van der Waals surface area contributed by atoms with Gasteiger partial charge in [0.25, 0.3) is 0 Å². The highest BCUT2D eigenvalue weighted by atomic mass is 31.2. The summed E-state index contributed by atoms with van der Waals surface area (Å²) < 4.78 is 68.2. The molecule has 91 heavy (non-hydrogen) atoms. The van der Waals surface area contributed by atoms with Crippen molar-refractivity contribution in [1.29, 1.82) is 0 Å². The van der Waals surface area contributed by atoms with Gasteiger partial charge < -0.3 is 33.8 Å². The molecular formula is C72H140O17P2. The second-order valence-electron chi connectivity index (χ2n) is 27.2. The minimum absolute atomic E-state index is 0.104. The van der Waals surface area contributed by atoms with Crippen LogP contribution < -0.4 is 0 Å². The summed E-state index contributed by atoms with van der Waals surface area (Å²) >= 11 is 0. The fourth-order valence-electron chi connectivity index (χ4n) is 10.9. The molecule has 19 heteroatoms. The minimum atomic E-state index is -4.95. The molecule has 0 saturated heterocycles. The second kappa shape index (κ2) is 62.8. The van der Waals surface area contributed by atoms with Gasteiger partial charge in [-0.25, -0.2) is 9.13 Å². The van der Waals surface area contributed by atoms with Gasteiger partial charge in [-0.15, -0.1) is 0 Å². The number of carbonyl (C=O) groups excluding carboxylic acids is 4. The third kappa shape index (κ3) is 65.1. The number of aliphatic hydroxyl groups excluding tert-OH is 1. The first kappa shape index (κ1) is 89.1. The van der Waals surface area contributed by atoms with E-state index >= 15 is 0 Å². The van der Waals surface area contributed by atoms with Crippen molar-refractivity contribution in [3.8, 4) is 0 Å². The van der Waals surface area contributed by atoms with Gasteiger partial charge in [0.1, 0.15) is 19.3 Å². The molecule has 3 unspecified atom stereocenters. The predicted octanol–water partition coefficient (Wildman–Crippen LogP) is 20.6. The smallest absolute Gasteiger partial charge is 0.462 e. The normalized spacial score (nSPS) is 14.5. The zero-order valence-electron chi connectivity index (χ0n) is 59.3. The standard InChI is InChI=1S/C72H140O17P2/c1-8-10-11-36-46-53-69(74)82-59-67(88-72(77)56-49-42-35-29-23-25-31-38-44-51-64(5)6)61-86-90(78,79)84-57-66(73)58-85-91(80,81)87-62-68(60-83-70(75)54-47-40-33-27-21-18-14-15-19-24-30-37-43-50-63(3)4)89-71(76)55-48-41-34-28-22-17-13-12-16-20-26-32-39-45-52-65(7)9-2/h63-68,73H,8-62H2,1-7H3,(H,78,79)(H,80,81)/t65?,66-,67+,68+/m0/s1.